The zero-order valence-electron chi connectivity index (χ0n) is 7.60. The Hall–Kier alpha value is -0.0800. The number of rotatable bonds is 5. The molecule has 1 atom stereocenters. The monoisotopic (exact) mass is 157 g/mol. The minimum Gasteiger partial charge on any atom is -0.377 e. The summed E-state index contributed by atoms with van der Waals surface area (Å²) in [7, 11) is 0. The van der Waals surface area contributed by atoms with Gasteiger partial charge in [0.1, 0.15) is 0 Å². The van der Waals surface area contributed by atoms with Crippen molar-refractivity contribution in [3.63, 3.8) is 0 Å². The van der Waals surface area contributed by atoms with Gasteiger partial charge in [-0.05, 0) is 31.6 Å². The first kappa shape index (κ1) is 9.01. The van der Waals surface area contributed by atoms with E-state index in [-0.39, 0.29) is 0 Å². The van der Waals surface area contributed by atoms with Gasteiger partial charge in [-0.1, -0.05) is 6.92 Å². The SMILES string of the molecule is CCOC(CN)C1(CC)CC1. The van der Waals surface area contributed by atoms with E-state index in [1.165, 1.54) is 19.3 Å². The third-order valence-electron chi connectivity index (χ3n) is 2.86. The van der Waals surface area contributed by atoms with Crippen LogP contribution in [0.4, 0.5) is 0 Å². The summed E-state index contributed by atoms with van der Waals surface area (Å²) in [6, 6.07) is 0. The van der Waals surface area contributed by atoms with Crippen molar-refractivity contribution in [2.24, 2.45) is 11.1 Å². The van der Waals surface area contributed by atoms with Gasteiger partial charge in [-0.15, -0.1) is 0 Å². The maximum absolute atomic E-state index is 5.64. The van der Waals surface area contributed by atoms with Crippen LogP contribution < -0.4 is 5.73 Å². The maximum Gasteiger partial charge on any atom is 0.0753 e. The summed E-state index contributed by atoms with van der Waals surface area (Å²) in [5, 5.41) is 0. The Balaban J connectivity index is 2.40. The van der Waals surface area contributed by atoms with Crippen molar-refractivity contribution < 1.29 is 4.74 Å². The predicted octanol–water partition coefficient (Wildman–Crippen LogP) is 1.54. The first-order chi connectivity index (χ1) is 5.29. The van der Waals surface area contributed by atoms with Crippen LogP contribution in [0.15, 0.2) is 0 Å². The summed E-state index contributed by atoms with van der Waals surface area (Å²) in [4.78, 5) is 0. The Morgan fingerprint density at radius 2 is 2.09 bits per heavy atom. The van der Waals surface area contributed by atoms with Gasteiger partial charge < -0.3 is 10.5 Å². The molecule has 0 aromatic rings. The van der Waals surface area contributed by atoms with Crippen LogP contribution in [0.3, 0.4) is 0 Å². The van der Waals surface area contributed by atoms with Crippen molar-refractivity contribution in [3.8, 4) is 0 Å². The summed E-state index contributed by atoms with van der Waals surface area (Å²) in [5.74, 6) is 0. The Morgan fingerprint density at radius 1 is 1.45 bits per heavy atom. The molecule has 1 rings (SSSR count). The molecule has 1 fully saturated rings. The van der Waals surface area contributed by atoms with Crippen LogP contribution >= 0.6 is 0 Å². The van der Waals surface area contributed by atoms with Crippen LogP contribution in [-0.4, -0.2) is 19.3 Å². The predicted molar refractivity (Wildman–Crippen MR) is 46.4 cm³/mol. The molecule has 2 heteroatoms. The Kier molecular flexibility index (Phi) is 2.90. The summed E-state index contributed by atoms with van der Waals surface area (Å²) < 4.78 is 5.58. The molecule has 0 radical (unpaired) electrons. The van der Waals surface area contributed by atoms with Gasteiger partial charge in [0.25, 0.3) is 0 Å². The van der Waals surface area contributed by atoms with Gasteiger partial charge in [0.15, 0.2) is 0 Å². The van der Waals surface area contributed by atoms with E-state index < -0.39 is 0 Å². The van der Waals surface area contributed by atoms with Crippen molar-refractivity contribution >= 4 is 0 Å². The fourth-order valence-electron chi connectivity index (χ4n) is 1.76. The van der Waals surface area contributed by atoms with Crippen LogP contribution in [0.5, 0.6) is 0 Å². The number of hydrogen-bond acceptors (Lipinski definition) is 2. The van der Waals surface area contributed by atoms with E-state index in [0.29, 0.717) is 18.1 Å². The highest BCUT2D eigenvalue weighted by Gasteiger charge is 2.47. The second-order valence-electron chi connectivity index (χ2n) is 3.40. The molecular weight excluding hydrogens is 138 g/mol. The summed E-state index contributed by atoms with van der Waals surface area (Å²) >= 11 is 0. The van der Waals surface area contributed by atoms with E-state index in [1.54, 1.807) is 0 Å². The third kappa shape index (κ3) is 1.74. The summed E-state index contributed by atoms with van der Waals surface area (Å²) in [6.45, 7) is 5.74. The second-order valence-corrected chi connectivity index (χ2v) is 3.40. The molecule has 1 aliphatic carbocycles. The van der Waals surface area contributed by atoms with Crippen molar-refractivity contribution in [2.75, 3.05) is 13.2 Å². The van der Waals surface area contributed by atoms with Gasteiger partial charge in [0.2, 0.25) is 0 Å². The van der Waals surface area contributed by atoms with E-state index in [0.717, 1.165) is 6.61 Å². The molecule has 0 aromatic carbocycles. The number of hydrogen-bond donors (Lipinski definition) is 1. The molecular formula is C9H19NO. The molecule has 0 saturated heterocycles. The smallest absolute Gasteiger partial charge is 0.0753 e. The normalized spacial score (nSPS) is 23.2. The molecule has 0 bridgehead atoms. The molecule has 1 aliphatic rings. The van der Waals surface area contributed by atoms with Gasteiger partial charge >= 0.3 is 0 Å². The van der Waals surface area contributed by atoms with Crippen molar-refractivity contribution in [3.05, 3.63) is 0 Å². The lowest BCUT2D eigenvalue weighted by Crippen LogP contribution is -2.33. The minimum absolute atomic E-state index is 0.317. The molecule has 11 heavy (non-hydrogen) atoms. The van der Waals surface area contributed by atoms with Gasteiger partial charge in [-0.2, -0.15) is 0 Å². The minimum atomic E-state index is 0.317. The van der Waals surface area contributed by atoms with E-state index in [4.69, 9.17) is 10.5 Å². The van der Waals surface area contributed by atoms with Gasteiger partial charge in [-0.3, -0.25) is 0 Å². The van der Waals surface area contributed by atoms with E-state index in [1.807, 2.05) is 6.92 Å². The zero-order valence-corrected chi connectivity index (χ0v) is 7.60. The molecule has 1 saturated carbocycles. The average Bonchev–Trinajstić information content (AvgIpc) is 2.81. The molecule has 0 heterocycles. The summed E-state index contributed by atoms with van der Waals surface area (Å²) in [5.41, 5.74) is 6.10. The average molecular weight is 157 g/mol. The first-order valence-corrected chi connectivity index (χ1v) is 4.60. The molecule has 2 N–H and O–H groups in total. The van der Waals surface area contributed by atoms with Gasteiger partial charge in [-0.25, -0.2) is 0 Å². The fraction of sp³-hybridized carbons (Fsp3) is 1.00. The fourth-order valence-corrected chi connectivity index (χ4v) is 1.76. The zero-order chi connectivity index (χ0) is 8.32. The van der Waals surface area contributed by atoms with Crippen molar-refractivity contribution in [1.29, 1.82) is 0 Å². The highest BCUT2D eigenvalue weighted by molar-refractivity contribution is 4.98. The maximum atomic E-state index is 5.64. The Bertz CT molecular complexity index is 121. The van der Waals surface area contributed by atoms with Crippen LogP contribution in [0, 0.1) is 5.41 Å². The van der Waals surface area contributed by atoms with Gasteiger partial charge in [0.05, 0.1) is 6.10 Å². The number of ether oxygens (including phenoxy) is 1. The lowest BCUT2D eigenvalue weighted by molar-refractivity contribution is 0.0138. The topological polar surface area (TPSA) is 35.2 Å². The van der Waals surface area contributed by atoms with Crippen LogP contribution in [0.2, 0.25) is 0 Å². The molecule has 1 unspecified atom stereocenters. The lowest BCUT2D eigenvalue weighted by atomic mass is 9.96. The standard InChI is InChI=1S/C9H19NO/c1-3-9(5-6-9)8(7-10)11-4-2/h8H,3-7,10H2,1-2H3. The number of nitrogens with two attached hydrogens (primary N) is 1. The molecule has 0 spiro atoms. The molecule has 0 amide bonds. The van der Waals surface area contributed by atoms with Crippen LogP contribution in [0.1, 0.15) is 33.1 Å². The first-order valence-electron chi connectivity index (χ1n) is 4.60. The van der Waals surface area contributed by atoms with Crippen molar-refractivity contribution in [2.45, 2.75) is 39.2 Å². The molecule has 0 aliphatic heterocycles. The van der Waals surface area contributed by atoms with E-state index >= 15 is 0 Å². The van der Waals surface area contributed by atoms with Crippen molar-refractivity contribution in [1.82, 2.24) is 0 Å². The van der Waals surface area contributed by atoms with E-state index in [2.05, 4.69) is 6.92 Å². The molecule has 0 aromatic heterocycles. The highest BCUT2D eigenvalue weighted by atomic mass is 16.5. The largest absolute Gasteiger partial charge is 0.377 e. The summed E-state index contributed by atoms with van der Waals surface area (Å²) in [6.07, 6.45) is 4.16. The Morgan fingerprint density at radius 3 is 2.36 bits per heavy atom. The Labute approximate surface area is 69.1 Å². The second kappa shape index (κ2) is 3.55. The molecule has 2 nitrogen and oxygen atoms in total. The lowest BCUT2D eigenvalue weighted by Gasteiger charge is -2.24. The molecule has 66 valence electrons. The van der Waals surface area contributed by atoms with Crippen LogP contribution in [0.25, 0.3) is 0 Å². The third-order valence-corrected chi connectivity index (χ3v) is 2.86. The van der Waals surface area contributed by atoms with Crippen LogP contribution in [-0.2, 0) is 4.74 Å². The van der Waals surface area contributed by atoms with E-state index in [9.17, 15) is 0 Å². The quantitative estimate of drug-likeness (QED) is 0.657. The van der Waals surface area contributed by atoms with Gasteiger partial charge in [0, 0.05) is 13.2 Å². The highest BCUT2D eigenvalue weighted by Crippen LogP contribution is 2.52.